The van der Waals surface area contributed by atoms with E-state index < -0.39 is 0 Å². The zero-order valence-corrected chi connectivity index (χ0v) is 17.6. The number of benzene rings is 1. The summed E-state index contributed by atoms with van der Waals surface area (Å²) in [7, 11) is 3.19. The molecule has 6 nitrogen and oxygen atoms in total. The summed E-state index contributed by atoms with van der Waals surface area (Å²) in [6, 6.07) is 3.65. The summed E-state index contributed by atoms with van der Waals surface area (Å²) in [5.41, 5.74) is 2.63. The number of carbonyl (C=O) groups excluding carboxylic acids is 1. The van der Waals surface area contributed by atoms with E-state index in [1.807, 2.05) is 17.9 Å². The quantitative estimate of drug-likeness (QED) is 0.667. The number of nitrogens with zero attached hydrogens (tertiary/aromatic N) is 3. The molecule has 1 aliphatic rings. The third-order valence-electron chi connectivity index (χ3n) is 4.88. The first kappa shape index (κ1) is 20.4. The lowest BCUT2D eigenvalue weighted by molar-refractivity contribution is 0.0626. The summed E-state index contributed by atoms with van der Waals surface area (Å²) in [6.07, 6.45) is 2.41. The molecule has 2 heterocycles. The lowest BCUT2D eigenvalue weighted by Gasteiger charge is -2.34. The highest BCUT2D eigenvalue weighted by Crippen LogP contribution is 2.33. The average Bonchev–Trinajstić information content (AvgIpc) is 3.12. The SMILES string of the molecule is C=CCc1cc(C(=O)N2CCN(Cc3csc(C)n3)CC2)cc(OC)c1OC. The van der Waals surface area contributed by atoms with E-state index in [2.05, 4.69) is 21.8 Å². The van der Waals surface area contributed by atoms with Crippen molar-refractivity contribution in [1.82, 2.24) is 14.8 Å². The average molecular weight is 402 g/mol. The van der Waals surface area contributed by atoms with Crippen molar-refractivity contribution in [2.24, 2.45) is 0 Å². The topological polar surface area (TPSA) is 54.9 Å². The van der Waals surface area contributed by atoms with Gasteiger partial charge in [0.1, 0.15) is 0 Å². The molecule has 0 atom stereocenters. The zero-order chi connectivity index (χ0) is 20.1. The van der Waals surface area contributed by atoms with E-state index in [0.29, 0.717) is 36.6 Å². The molecule has 150 valence electrons. The minimum Gasteiger partial charge on any atom is -0.493 e. The van der Waals surface area contributed by atoms with Crippen LogP contribution in [0.1, 0.15) is 26.6 Å². The Morgan fingerprint density at radius 2 is 2.00 bits per heavy atom. The van der Waals surface area contributed by atoms with Crippen LogP contribution in [-0.2, 0) is 13.0 Å². The number of aromatic nitrogens is 1. The first-order valence-corrected chi connectivity index (χ1v) is 10.2. The van der Waals surface area contributed by atoms with Gasteiger partial charge < -0.3 is 14.4 Å². The molecule has 0 spiro atoms. The van der Waals surface area contributed by atoms with Gasteiger partial charge in [-0.2, -0.15) is 0 Å². The number of carbonyl (C=O) groups is 1. The molecular weight excluding hydrogens is 374 g/mol. The summed E-state index contributed by atoms with van der Waals surface area (Å²) >= 11 is 1.68. The number of allylic oxidation sites excluding steroid dienone is 1. The van der Waals surface area contributed by atoms with E-state index in [0.717, 1.165) is 35.9 Å². The minimum absolute atomic E-state index is 0.0235. The van der Waals surface area contributed by atoms with E-state index in [9.17, 15) is 4.79 Å². The number of ether oxygens (including phenoxy) is 2. The number of methoxy groups -OCH3 is 2. The van der Waals surface area contributed by atoms with Gasteiger partial charge in [0.25, 0.3) is 5.91 Å². The van der Waals surface area contributed by atoms with Gasteiger partial charge in [0, 0.05) is 49.2 Å². The van der Waals surface area contributed by atoms with Crippen molar-refractivity contribution in [2.75, 3.05) is 40.4 Å². The Morgan fingerprint density at radius 1 is 1.25 bits per heavy atom. The number of amides is 1. The van der Waals surface area contributed by atoms with E-state index in [1.165, 1.54) is 0 Å². The fourth-order valence-corrected chi connectivity index (χ4v) is 4.08. The number of hydrogen-bond acceptors (Lipinski definition) is 6. The Labute approximate surface area is 170 Å². The van der Waals surface area contributed by atoms with Crippen LogP contribution in [0.4, 0.5) is 0 Å². The van der Waals surface area contributed by atoms with Crippen LogP contribution in [0, 0.1) is 6.92 Å². The molecule has 1 fully saturated rings. The van der Waals surface area contributed by atoms with Crippen LogP contribution in [0.3, 0.4) is 0 Å². The fraction of sp³-hybridized carbons (Fsp3) is 0.429. The van der Waals surface area contributed by atoms with Crippen molar-refractivity contribution in [3.63, 3.8) is 0 Å². The van der Waals surface area contributed by atoms with Gasteiger partial charge in [-0.15, -0.1) is 17.9 Å². The Kier molecular flexibility index (Phi) is 6.70. The molecule has 2 aromatic rings. The van der Waals surface area contributed by atoms with Gasteiger partial charge >= 0.3 is 0 Å². The molecule has 1 saturated heterocycles. The Bertz CT molecular complexity index is 841. The van der Waals surface area contributed by atoms with Crippen LogP contribution < -0.4 is 9.47 Å². The first-order chi connectivity index (χ1) is 13.5. The molecule has 0 radical (unpaired) electrons. The van der Waals surface area contributed by atoms with Crippen LogP contribution in [0.25, 0.3) is 0 Å². The third kappa shape index (κ3) is 4.54. The second-order valence-corrected chi connectivity index (χ2v) is 7.85. The smallest absolute Gasteiger partial charge is 0.254 e. The molecule has 0 unspecified atom stereocenters. The summed E-state index contributed by atoms with van der Waals surface area (Å²) in [6.45, 7) is 9.74. The normalized spacial score (nSPS) is 14.8. The van der Waals surface area contributed by atoms with Gasteiger partial charge in [0.15, 0.2) is 11.5 Å². The molecule has 0 saturated carbocycles. The van der Waals surface area contributed by atoms with Gasteiger partial charge in [-0.05, 0) is 25.5 Å². The van der Waals surface area contributed by atoms with Gasteiger partial charge in [0.05, 0.1) is 24.9 Å². The minimum atomic E-state index is 0.0235. The van der Waals surface area contributed by atoms with Crippen molar-refractivity contribution >= 4 is 17.2 Å². The maximum Gasteiger partial charge on any atom is 0.254 e. The lowest BCUT2D eigenvalue weighted by Crippen LogP contribution is -2.48. The molecule has 0 aliphatic carbocycles. The number of aryl methyl sites for hydroxylation is 1. The largest absolute Gasteiger partial charge is 0.493 e. The molecule has 0 bridgehead atoms. The van der Waals surface area contributed by atoms with E-state index in [1.54, 1.807) is 37.7 Å². The molecule has 7 heteroatoms. The lowest BCUT2D eigenvalue weighted by atomic mass is 10.0. The second-order valence-electron chi connectivity index (χ2n) is 6.79. The third-order valence-corrected chi connectivity index (χ3v) is 5.70. The van der Waals surface area contributed by atoms with Crippen molar-refractivity contribution in [1.29, 1.82) is 0 Å². The Hall–Kier alpha value is -2.38. The maximum atomic E-state index is 13.1. The summed E-state index contributed by atoms with van der Waals surface area (Å²) in [4.78, 5) is 21.8. The predicted octanol–water partition coefficient (Wildman–Crippen LogP) is 3.16. The number of rotatable bonds is 7. The predicted molar refractivity (Wildman–Crippen MR) is 111 cm³/mol. The Morgan fingerprint density at radius 3 is 2.57 bits per heavy atom. The van der Waals surface area contributed by atoms with Crippen molar-refractivity contribution in [3.05, 3.63) is 52.0 Å². The maximum absolute atomic E-state index is 13.1. The number of piperazine rings is 1. The van der Waals surface area contributed by atoms with E-state index >= 15 is 0 Å². The number of hydrogen-bond donors (Lipinski definition) is 0. The number of thiazole rings is 1. The van der Waals surface area contributed by atoms with Crippen molar-refractivity contribution < 1.29 is 14.3 Å². The summed E-state index contributed by atoms with van der Waals surface area (Å²) in [5.74, 6) is 1.25. The molecule has 1 aliphatic heterocycles. The molecule has 0 N–H and O–H groups in total. The highest BCUT2D eigenvalue weighted by Gasteiger charge is 2.24. The van der Waals surface area contributed by atoms with Gasteiger partial charge in [-0.25, -0.2) is 4.98 Å². The molecular formula is C21H27N3O3S. The van der Waals surface area contributed by atoms with Crippen LogP contribution in [0.15, 0.2) is 30.2 Å². The van der Waals surface area contributed by atoms with E-state index in [-0.39, 0.29) is 5.91 Å². The molecule has 1 aromatic heterocycles. The summed E-state index contributed by atoms with van der Waals surface area (Å²) < 4.78 is 10.9. The monoisotopic (exact) mass is 401 g/mol. The molecule has 1 amide bonds. The van der Waals surface area contributed by atoms with E-state index in [4.69, 9.17) is 9.47 Å². The first-order valence-electron chi connectivity index (χ1n) is 9.34. The Balaban J connectivity index is 1.69. The zero-order valence-electron chi connectivity index (χ0n) is 16.7. The van der Waals surface area contributed by atoms with Gasteiger partial charge in [-0.3, -0.25) is 9.69 Å². The van der Waals surface area contributed by atoms with Gasteiger partial charge in [0.2, 0.25) is 0 Å². The van der Waals surface area contributed by atoms with Crippen LogP contribution in [0.5, 0.6) is 11.5 Å². The standard InChI is InChI=1S/C21H27N3O3S/c1-5-6-16-11-17(12-19(26-3)20(16)27-4)21(25)24-9-7-23(8-10-24)13-18-14-28-15(2)22-18/h5,11-12,14H,1,6-10,13H2,2-4H3. The molecule has 3 rings (SSSR count). The highest BCUT2D eigenvalue weighted by atomic mass is 32.1. The van der Waals surface area contributed by atoms with Gasteiger partial charge in [-0.1, -0.05) is 6.08 Å². The van der Waals surface area contributed by atoms with Crippen molar-refractivity contribution in [2.45, 2.75) is 19.9 Å². The van der Waals surface area contributed by atoms with Crippen LogP contribution in [-0.4, -0.2) is 61.1 Å². The second kappa shape index (κ2) is 9.21. The van der Waals surface area contributed by atoms with Crippen LogP contribution >= 0.6 is 11.3 Å². The fourth-order valence-electron chi connectivity index (χ4n) is 3.48. The van der Waals surface area contributed by atoms with Crippen LogP contribution in [0.2, 0.25) is 0 Å². The molecule has 1 aromatic carbocycles. The summed E-state index contributed by atoms with van der Waals surface area (Å²) in [5, 5.41) is 3.20. The van der Waals surface area contributed by atoms with Crippen molar-refractivity contribution in [3.8, 4) is 11.5 Å². The highest BCUT2D eigenvalue weighted by molar-refractivity contribution is 7.09. The molecule has 28 heavy (non-hydrogen) atoms.